The zero-order chi connectivity index (χ0) is 15.7. The molecule has 1 aliphatic rings. The first-order chi connectivity index (χ1) is 9.76. The van der Waals surface area contributed by atoms with Crippen LogP contribution in [0.25, 0.3) is 0 Å². The molecule has 21 heavy (non-hydrogen) atoms. The Labute approximate surface area is 126 Å². The van der Waals surface area contributed by atoms with Gasteiger partial charge in [0.05, 0.1) is 16.6 Å². The Hall–Kier alpha value is -1.68. The van der Waals surface area contributed by atoms with Crippen LogP contribution in [0.4, 0.5) is 0 Å². The van der Waals surface area contributed by atoms with E-state index in [0.717, 1.165) is 25.5 Å². The number of hydrogen-bond acceptors (Lipinski definition) is 4. The molecule has 4 heteroatoms. The van der Waals surface area contributed by atoms with Crippen LogP contribution in [-0.4, -0.2) is 28.4 Å². The van der Waals surface area contributed by atoms with E-state index in [9.17, 15) is 9.59 Å². The van der Waals surface area contributed by atoms with Crippen LogP contribution in [0.5, 0.6) is 0 Å². The van der Waals surface area contributed by atoms with Crippen LogP contribution in [0.15, 0.2) is 24.3 Å². The van der Waals surface area contributed by atoms with Crippen LogP contribution in [0, 0.1) is 0 Å². The average molecular weight is 289 g/mol. The normalized spacial score (nSPS) is 20.8. The fourth-order valence-corrected chi connectivity index (χ4v) is 3.10. The minimum Gasteiger partial charge on any atom is -0.363 e. The molecule has 0 saturated carbocycles. The van der Waals surface area contributed by atoms with Gasteiger partial charge in [0.2, 0.25) is 0 Å². The first-order valence-corrected chi connectivity index (χ1v) is 7.34. The lowest BCUT2D eigenvalue weighted by atomic mass is 9.82. The van der Waals surface area contributed by atoms with Gasteiger partial charge in [-0.15, -0.1) is 5.06 Å². The van der Waals surface area contributed by atoms with Crippen molar-refractivity contribution < 1.29 is 14.4 Å². The number of carbonyl (C=O) groups excluding carboxylic acids is 2. The van der Waals surface area contributed by atoms with Gasteiger partial charge in [-0.3, -0.25) is 4.79 Å². The van der Waals surface area contributed by atoms with E-state index in [4.69, 9.17) is 4.84 Å². The van der Waals surface area contributed by atoms with Crippen molar-refractivity contribution in [1.82, 2.24) is 5.06 Å². The summed E-state index contributed by atoms with van der Waals surface area (Å²) in [4.78, 5) is 28.9. The molecule has 0 atom stereocenters. The highest BCUT2D eigenvalue weighted by Crippen LogP contribution is 2.38. The van der Waals surface area contributed by atoms with Crippen molar-refractivity contribution in [2.75, 3.05) is 0 Å². The summed E-state index contributed by atoms with van der Waals surface area (Å²) in [6, 6.07) is 6.57. The van der Waals surface area contributed by atoms with Crippen molar-refractivity contribution in [3.63, 3.8) is 0 Å². The molecule has 1 heterocycles. The minimum absolute atomic E-state index is 0.195. The Kier molecular flexibility index (Phi) is 4.19. The van der Waals surface area contributed by atoms with Crippen LogP contribution < -0.4 is 0 Å². The molecule has 1 aromatic rings. The summed E-state index contributed by atoms with van der Waals surface area (Å²) in [6.45, 7) is 8.35. The van der Waals surface area contributed by atoms with E-state index in [-0.39, 0.29) is 11.1 Å². The summed E-state index contributed by atoms with van der Waals surface area (Å²) >= 11 is 0. The first kappa shape index (κ1) is 15.7. The Balaban J connectivity index is 2.22. The van der Waals surface area contributed by atoms with Gasteiger partial charge in [-0.05, 0) is 59.1 Å². The molecule has 0 bridgehead atoms. The summed E-state index contributed by atoms with van der Waals surface area (Å²) in [7, 11) is 0. The maximum absolute atomic E-state index is 12.4. The molecule has 1 fully saturated rings. The second kappa shape index (κ2) is 5.60. The van der Waals surface area contributed by atoms with E-state index in [1.165, 1.54) is 0 Å². The summed E-state index contributed by atoms with van der Waals surface area (Å²) in [6.07, 6.45) is 3.82. The molecule has 0 radical (unpaired) electrons. The molecule has 1 aliphatic heterocycles. The molecular formula is C17H23NO3. The molecule has 0 spiro atoms. The van der Waals surface area contributed by atoms with Gasteiger partial charge in [0, 0.05) is 5.56 Å². The molecule has 1 saturated heterocycles. The van der Waals surface area contributed by atoms with Crippen molar-refractivity contribution >= 4 is 12.3 Å². The third-order valence-electron chi connectivity index (χ3n) is 4.11. The fourth-order valence-electron chi connectivity index (χ4n) is 3.10. The molecule has 0 aliphatic carbocycles. The van der Waals surface area contributed by atoms with Gasteiger partial charge in [-0.25, -0.2) is 4.79 Å². The van der Waals surface area contributed by atoms with Crippen molar-refractivity contribution in [2.24, 2.45) is 0 Å². The van der Waals surface area contributed by atoms with E-state index >= 15 is 0 Å². The standard InChI is InChI=1S/C17H23NO3/c1-16(2)9-6-10-17(3,4)18(16)21-15(20)14-8-5-7-13(11-14)12-19/h5,7-8,11-12H,6,9-10H2,1-4H3. The Bertz CT molecular complexity index is 533. The van der Waals surface area contributed by atoms with Crippen LogP contribution in [0.2, 0.25) is 0 Å². The number of aldehydes is 1. The van der Waals surface area contributed by atoms with Crippen molar-refractivity contribution in [3.05, 3.63) is 35.4 Å². The zero-order valence-corrected chi connectivity index (χ0v) is 13.2. The number of piperidine rings is 1. The molecular weight excluding hydrogens is 266 g/mol. The largest absolute Gasteiger partial charge is 0.363 e. The molecule has 114 valence electrons. The number of carbonyl (C=O) groups is 2. The molecule has 4 nitrogen and oxygen atoms in total. The molecule has 0 unspecified atom stereocenters. The van der Waals surface area contributed by atoms with E-state index in [1.807, 2.05) is 5.06 Å². The summed E-state index contributed by atoms with van der Waals surface area (Å²) in [5.74, 6) is -0.415. The monoisotopic (exact) mass is 289 g/mol. The lowest BCUT2D eigenvalue weighted by molar-refractivity contribution is -0.240. The highest BCUT2D eigenvalue weighted by Gasteiger charge is 2.44. The minimum atomic E-state index is -0.415. The predicted molar refractivity (Wildman–Crippen MR) is 81.1 cm³/mol. The number of benzene rings is 1. The van der Waals surface area contributed by atoms with E-state index in [2.05, 4.69) is 27.7 Å². The Morgan fingerprint density at radius 3 is 2.38 bits per heavy atom. The smallest absolute Gasteiger partial charge is 0.357 e. The van der Waals surface area contributed by atoms with Gasteiger partial charge in [0.15, 0.2) is 0 Å². The van der Waals surface area contributed by atoms with Crippen LogP contribution in [0.1, 0.15) is 67.7 Å². The summed E-state index contributed by atoms with van der Waals surface area (Å²) in [5.41, 5.74) is 0.484. The van der Waals surface area contributed by atoms with E-state index in [0.29, 0.717) is 11.1 Å². The van der Waals surface area contributed by atoms with Crippen LogP contribution >= 0.6 is 0 Å². The zero-order valence-electron chi connectivity index (χ0n) is 13.2. The summed E-state index contributed by atoms with van der Waals surface area (Å²) in [5, 5.41) is 1.82. The van der Waals surface area contributed by atoms with Gasteiger partial charge < -0.3 is 4.84 Å². The van der Waals surface area contributed by atoms with E-state index in [1.54, 1.807) is 24.3 Å². The number of nitrogens with zero attached hydrogens (tertiary/aromatic N) is 1. The van der Waals surface area contributed by atoms with Crippen LogP contribution in [-0.2, 0) is 4.84 Å². The third kappa shape index (κ3) is 3.32. The van der Waals surface area contributed by atoms with Gasteiger partial charge in [0.1, 0.15) is 6.29 Å². The maximum atomic E-state index is 12.4. The van der Waals surface area contributed by atoms with Gasteiger partial charge >= 0.3 is 5.97 Å². The molecule has 0 N–H and O–H groups in total. The Morgan fingerprint density at radius 2 is 1.81 bits per heavy atom. The molecule has 1 aromatic carbocycles. The SMILES string of the molecule is CC1(C)CCCC(C)(C)N1OC(=O)c1cccc(C=O)c1. The fraction of sp³-hybridized carbons (Fsp3) is 0.529. The highest BCUT2D eigenvalue weighted by molar-refractivity contribution is 5.91. The van der Waals surface area contributed by atoms with E-state index < -0.39 is 5.97 Å². The van der Waals surface area contributed by atoms with Gasteiger partial charge in [-0.1, -0.05) is 12.1 Å². The van der Waals surface area contributed by atoms with Gasteiger partial charge in [0.25, 0.3) is 0 Å². The summed E-state index contributed by atoms with van der Waals surface area (Å²) < 4.78 is 0. The predicted octanol–water partition coefficient (Wildman–Crippen LogP) is 3.61. The maximum Gasteiger partial charge on any atom is 0.357 e. The molecule has 0 aromatic heterocycles. The number of hydrogen-bond donors (Lipinski definition) is 0. The third-order valence-corrected chi connectivity index (χ3v) is 4.11. The number of rotatable bonds is 3. The second-order valence-electron chi connectivity index (χ2n) is 6.89. The molecule has 0 amide bonds. The van der Waals surface area contributed by atoms with Crippen molar-refractivity contribution in [2.45, 2.75) is 58.0 Å². The lowest BCUT2D eigenvalue weighted by Gasteiger charge is -2.50. The quantitative estimate of drug-likeness (QED) is 0.797. The Morgan fingerprint density at radius 1 is 1.19 bits per heavy atom. The van der Waals surface area contributed by atoms with Crippen molar-refractivity contribution in [1.29, 1.82) is 0 Å². The lowest BCUT2D eigenvalue weighted by Crippen LogP contribution is -2.58. The number of hydroxylamine groups is 2. The second-order valence-corrected chi connectivity index (χ2v) is 6.89. The van der Waals surface area contributed by atoms with Crippen LogP contribution in [0.3, 0.4) is 0 Å². The topological polar surface area (TPSA) is 46.6 Å². The highest BCUT2D eigenvalue weighted by atomic mass is 16.7. The van der Waals surface area contributed by atoms with Crippen molar-refractivity contribution in [3.8, 4) is 0 Å². The van der Waals surface area contributed by atoms with Gasteiger partial charge in [-0.2, -0.15) is 0 Å². The average Bonchev–Trinajstić information content (AvgIpc) is 2.42. The first-order valence-electron chi connectivity index (χ1n) is 7.34. The molecule has 2 rings (SSSR count).